The number of ether oxygens (including phenoxy) is 1. The van der Waals surface area contributed by atoms with Crippen molar-refractivity contribution in [3.05, 3.63) is 35.4 Å². The summed E-state index contributed by atoms with van der Waals surface area (Å²) < 4.78 is 5.35. The molecule has 1 aromatic carbocycles. The Morgan fingerprint density at radius 2 is 2.20 bits per heavy atom. The molecule has 1 aliphatic rings. The Hall–Kier alpha value is -0.860. The van der Waals surface area contributed by atoms with E-state index >= 15 is 0 Å². The molecule has 2 rings (SSSR count). The first-order chi connectivity index (χ1) is 7.20. The van der Waals surface area contributed by atoms with Crippen molar-refractivity contribution in [2.45, 2.75) is 31.8 Å². The highest BCUT2D eigenvalue weighted by atomic mass is 16.5. The van der Waals surface area contributed by atoms with Crippen LogP contribution in [0.25, 0.3) is 0 Å². The fourth-order valence-corrected chi connectivity index (χ4v) is 2.14. The highest BCUT2D eigenvalue weighted by molar-refractivity contribution is 5.27. The quantitative estimate of drug-likeness (QED) is 0.802. The second-order valence-corrected chi connectivity index (χ2v) is 4.48. The van der Waals surface area contributed by atoms with Gasteiger partial charge >= 0.3 is 0 Å². The molecule has 15 heavy (non-hydrogen) atoms. The fraction of sp³-hybridized carbons (Fsp3) is 0.538. The normalized spacial score (nSPS) is 26.5. The van der Waals surface area contributed by atoms with Gasteiger partial charge in [-0.25, -0.2) is 0 Å². The molecule has 0 aromatic heterocycles. The van der Waals surface area contributed by atoms with Crippen molar-refractivity contribution >= 4 is 0 Å². The molecule has 82 valence electrons. The highest BCUT2D eigenvalue weighted by Crippen LogP contribution is 2.24. The molecule has 2 nitrogen and oxygen atoms in total. The van der Waals surface area contributed by atoms with Gasteiger partial charge in [0.05, 0.1) is 12.2 Å². The molecular formula is C13H18O2. The molecule has 0 amide bonds. The van der Waals surface area contributed by atoms with Crippen molar-refractivity contribution in [2.75, 3.05) is 13.2 Å². The Bertz CT molecular complexity index is 327. The molecule has 0 aliphatic carbocycles. The SMILES string of the molecule is Cc1ccccc1CC1(O)CCCOC1. The van der Waals surface area contributed by atoms with E-state index in [2.05, 4.69) is 19.1 Å². The Balaban J connectivity index is 2.10. The summed E-state index contributed by atoms with van der Waals surface area (Å²) in [5.74, 6) is 0. The third kappa shape index (κ3) is 2.58. The van der Waals surface area contributed by atoms with Crippen molar-refractivity contribution in [3.8, 4) is 0 Å². The van der Waals surface area contributed by atoms with Gasteiger partial charge in [-0.05, 0) is 30.9 Å². The Morgan fingerprint density at radius 3 is 2.87 bits per heavy atom. The molecule has 1 unspecified atom stereocenters. The van der Waals surface area contributed by atoms with Crippen LogP contribution in [-0.4, -0.2) is 23.9 Å². The Labute approximate surface area is 90.9 Å². The standard InChI is InChI=1S/C13H18O2/c1-11-5-2-3-6-12(11)9-13(14)7-4-8-15-10-13/h2-3,5-6,14H,4,7-10H2,1H3. The number of rotatable bonds is 2. The minimum Gasteiger partial charge on any atom is -0.387 e. The van der Waals surface area contributed by atoms with E-state index in [1.54, 1.807) is 0 Å². The Kier molecular flexibility index (Phi) is 3.08. The van der Waals surface area contributed by atoms with Gasteiger partial charge in [0, 0.05) is 13.0 Å². The maximum absolute atomic E-state index is 10.3. The van der Waals surface area contributed by atoms with E-state index in [-0.39, 0.29) is 0 Å². The fourth-order valence-electron chi connectivity index (χ4n) is 2.14. The number of benzene rings is 1. The average molecular weight is 206 g/mol. The molecule has 1 fully saturated rings. The van der Waals surface area contributed by atoms with Gasteiger partial charge in [-0.1, -0.05) is 24.3 Å². The van der Waals surface area contributed by atoms with Crippen molar-refractivity contribution in [1.82, 2.24) is 0 Å². The van der Waals surface area contributed by atoms with Gasteiger partial charge in [-0.3, -0.25) is 0 Å². The van der Waals surface area contributed by atoms with Crippen LogP contribution < -0.4 is 0 Å². The molecule has 0 radical (unpaired) electrons. The molecule has 1 aromatic rings. The molecule has 1 atom stereocenters. The van der Waals surface area contributed by atoms with E-state index in [0.29, 0.717) is 13.0 Å². The van der Waals surface area contributed by atoms with Crippen molar-refractivity contribution in [3.63, 3.8) is 0 Å². The van der Waals surface area contributed by atoms with E-state index in [1.165, 1.54) is 11.1 Å². The summed E-state index contributed by atoms with van der Waals surface area (Å²) in [5.41, 5.74) is 1.83. The topological polar surface area (TPSA) is 29.5 Å². The summed E-state index contributed by atoms with van der Waals surface area (Å²) in [6, 6.07) is 8.22. The number of aliphatic hydroxyl groups is 1. The van der Waals surface area contributed by atoms with Crippen molar-refractivity contribution in [2.24, 2.45) is 0 Å². The van der Waals surface area contributed by atoms with Gasteiger partial charge in [-0.2, -0.15) is 0 Å². The van der Waals surface area contributed by atoms with E-state index in [0.717, 1.165) is 19.4 Å². The summed E-state index contributed by atoms with van der Waals surface area (Å²) in [7, 11) is 0. The number of aryl methyl sites for hydroxylation is 1. The van der Waals surface area contributed by atoms with Gasteiger partial charge in [0.2, 0.25) is 0 Å². The molecular weight excluding hydrogens is 188 g/mol. The number of hydrogen-bond acceptors (Lipinski definition) is 2. The van der Waals surface area contributed by atoms with Crippen LogP contribution in [0.2, 0.25) is 0 Å². The molecule has 1 aliphatic heterocycles. The summed E-state index contributed by atoms with van der Waals surface area (Å²) >= 11 is 0. The van der Waals surface area contributed by atoms with E-state index in [4.69, 9.17) is 4.74 Å². The van der Waals surface area contributed by atoms with Crippen molar-refractivity contribution in [1.29, 1.82) is 0 Å². The zero-order valence-corrected chi connectivity index (χ0v) is 9.20. The van der Waals surface area contributed by atoms with Crippen LogP contribution in [0.4, 0.5) is 0 Å². The summed E-state index contributed by atoms with van der Waals surface area (Å²) in [6.07, 6.45) is 2.52. The second-order valence-electron chi connectivity index (χ2n) is 4.48. The van der Waals surface area contributed by atoms with Gasteiger partial charge in [0.1, 0.15) is 0 Å². The van der Waals surface area contributed by atoms with Crippen LogP contribution in [0.5, 0.6) is 0 Å². The van der Waals surface area contributed by atoms with Crippen LogP contribution in [0.15, 0.2) is 24.3 Å². The third-order valence-electron chi connectivity index (χ3n) is 3.08. The van der Waals surface area contributed by atoms with Gasteiger partial charge in [0.15, 0.2) is 0 Å². The van der Waals surface area contributed by atoms with Gasteiger partial charge in [0.25, 0.3) is 0 Å². The van der Waals surface area contributed by atoms with Crippen LogP contribution >= 0.6 is 0 Å². The molecule has 2 heteroatoms. The lowest BCUT2D eigenvalue weighted by atomic mass is 9.88. The maximum Gasteiger partial charge on any atom is 0.0921 e. The first kappa shape index (κ1) is 10.7. The maximum atomic E-state index is 10.3. The van der Waals surface area contributed by atoms with Crippen molar-refractivity contribution < 1.29 is 9.84 Å². The Morgan fingerprint density at radius 1 is 1.40 bits per heavy atom. The van der Waals surface area contributed by atoms with E-state index < -0.39 is 5.60 Å². The smallest absolute Gasteiger partial charge is 0.0921 e. The van der Waals surface area contributed by atoms with E-state index in [1.807, 2.05) is 12.1 Å². The third-order valence-corrected chi connectivity index (χ3v) is 3.08. The van der Waals surface area contributed by atoms with E-state index in [9.17, 15) is 5.11 Å². The zero-order valence-electron chi connectivity index (χ0n) is 9.20. The predicted octanol–water partition coefficient (Wildman–Crippen LogP) is 2.08. The first-order valence-corrected chi connectivity index (χ1v) is 5.54. The van der Waals surface area contributed by atoms with Crippen LogP contribution in [0.1, 0.15) is 24.0 Å². The number of hydrogen-bond donors (Lipinski definition) is 1. The van der Waals surface area contributed by atoms with Crippen LogP contribution in [0.3, 0.4) is 0 Å². The second kappa shape index (κ2) is 4.33. The highest BCUT2D eigenvalue weighted by Gasteiger charge is 2.30. The summed E-state index contributed by atoms with van der Waals surface area (Å²) in [5, 5.41) is 10.3. The first-order valence-electron chi connectivity index (χ1n) is 5.54. The average Bonchev–Trinajstić information content (AvgIpc) is 2.22. The largest absolute Gasteiger partial charge is 0.387 e. The minimum atomic E-state index is -0.648. The molecule has 0 bridgehead atoms. The molecule has 1 saturated heterocycles. The molecule has 1 N–H and O–H groups in total. The minimum absolute atomic E-state index is 0.474. The lowest BCUT2D eigenvalue weighted by Crippen LogP contribution is -2.40. The summed E-state index contributed by atoms with van der Waals surface area (Å²) in [6.45, 7) is 3.35. The van der Waals surface area contributed by atoms with Crippen LogP contribution in [-0.2, 0) is 11.2 Å². The van der Waals surface area contributed by atoms with Gasteiger partial charge in [-0.15, -0.1) is 0 Å². The molecule has 0 spiro atoms. The lowest BCUT2D eigenvalue weighted by Gasteiger charge is -2.32. The zero-order chi connectivity index (χ0) is 10.7. The van der Waals surface area contributed by atoms with Crippen LogP contribution in [0, 0.1) is 6.92 Å². The monoisotopic (exact) mass is 206 g/mol. The molecule has 0 saturated carbocycles. The lowest BCUT2D eigenvalue weighted by molar-refractivity contribution is -0.0845. The van der Waals surface area contributed by atoms with Gasteiger partial charge < -0.3 is 9.84 Å². The predicted molar refractivity (Wildman–Crippen MR) is 59.9 cm³/mol. The summed E-state index contributed by atoms with van der Waals surface area (Å²) in [4.78, 5) is 0. The molecule has 1 heterocycles.